The van der Waals surface area contributed by atoms with Crippen LogP contribution in [0.1, 0.15) is 37.8 Å². The van der Waals surface area contributed by atoms with Crippen molar-refractivity contribution in [3.05, 3.63) is 29.3 Å². The molecule has 0 saturated heterocycles. The smallest absolute Gasteiger partial charge is 0.223 e. The van der Waals surface area contributed by atoms with Crippen LogP contribution in [0.25, 0.3) is 0 Å². The lowest BCUT2D eigenvalue weighted by atomic mass is 10.0. The monoisotopic (exact) mass is 293 g/mol. The van der Waals surface area contributed by atoms with Gasteiger partial charge in [0, 0.05) is 12.6 Å². The van der Waals surface area contributed by atoms with Gasteiger partial charge in [-0.1, -0.05) is 26.0 Å². The third kappa shape index (κ3) is 5.76. The lowest BCUT2D eigenvalue weighted by Crippen LogP contribution is -2.39. The highest BCUT2D eigenvalue weighted by molar-refractivity contribution is 5.76. The zero-order valence-electron chi connectivity index (χ0n) is 13.5. The third-order valence-electron chi connectivity index (χ3n) is 3.73. The number of carbonyl (C=O) groups is 1. The van der Waals surface area contributed by atoms with Gasteiger partial charge in [0.05, 0.1) is 13.0 Å². The van der Waals surface area contributed by atoms with E-state index in [2.05, 4.69) is 5.32 Å². The largest absolute Gasteiger partial charge is 0.493 e. The van der Waals surface area contributed by atoms with Crippen molar-refractivity contribution in [2.45, 2.75) is 46.6 Å². The Balaban J connectivity index is 2.41. The number of hydrogen-bond acceptors (Lipinski definition) is 3. The second kappa shape index (κ2) is 8.67. The second-order valence-corrected chi connectivity index (χ2v) is 5.73. The number of rotatable bonds is 8. The predicted molar refractivity (Wildman–Crippen MR) is 84.5 cm³/mol. The molecule has 0 radical (unpaired) electrons. The molecule has 1 atom stereocenters. The van der Waals surface area contributed by atoms with Gasteiger partial charge in [-0.15, -0.1) is 0 Å². The van der Waals surface area contributed by atoms with E-state index in [-0.39, 0.29) is 18.6 Å². The van der Waals surface area contributed by atoms with Gasteiger partial charge < -0.3 is 15.2 Å². The van der Waals surface area contributed by atoms with Gasteiger partial charge in [0.25, 0.3) is 0 Å². The minimum absolute atomic E-state index is 0.0169. The molecule has 21 heavy (non-hydrogen) atoms. The van der Waals surface area contributed by atoms with Crippen LogP contribution in [-0.2, 0) is 4.79 Å². The fourth-order valence-electron chi connectivity index (χ4n) is 2.12. The fourth-order valence-corrected chi connectivity index (χ4v) is 2.12. The molecular weight excluding hydrogens is 266 g/mol. The number of aryl methyl sites for hydroxylation is 1. The average molecular weight is 293 g/mol. The van der Waals surface area contributed by atoms with Crippen LogP contribution in [0.15, 0.2) is 18.2 Å². The molecule has 2 N–H and O–H groups in total. The molecule has 1 unspecified atom stereocenters. The van der Waals surface area contributed by atoms with Crippen LogP contribution in [0.2, 0.25) is 0 Å². The maximum atomic E-state index is 11.9. The van der Waals surface area contributed by atoms with Crippen LogP contribution in [0, 0.1) is 19.8 Å². The molecule has 0 heterocycles. The predicted octanol–water partition coefficient (Wildman–Crippen LogP) is 2.60. The summed E-state index contributed by atoms with van der Waals surface area (Å²) >= 11 is 0. The van der Waals surface area contributed by atoms with Crippen LogP contribution >= 0.6 is 0 Å². The Bertz CT molecular complexity index is 457. The Hall–Kier alpha value is -1.55. The van der Waals surface area contributed by atoms with Gasteiger partial charge in [-0.05, 0) is 43.4 Å². The maximum absolute atomic E-state index is 11.9. The van der Waals surface area contributed by atoms with Gasteiger partial charge in [-0.2, -0.15) is 0 Å². The van der Waals surface area contributed by atoms with E-state index in [4.69, 9.17) is 9.84 Å². The number of nitrogens with one attached hydrogen (secondary N) is 1. The van der Waals surface area contributed by atoms with E-state index in [0.29, 0.717) is 25.4 Å². The van der Waals surface area contributed by atoms with Crippen molar-refractivity contribution in [2.75, 3.05) is 13.2 Å². The Morgan fingerprint density at radius 1 is 1.33 bits per heavy atom. The molecule has 1 aromatic rings. The molecule has 0 aliphatic heterocycles. The minimum atomic E-state index is -0.0348. The SMILES string of the molecule is Cc1cccc(OCCC(=O)NC(CCO)C(C)C)c1C. The van der Waals surface area contributed by atoms with Gasteiger partial charge in [0.2, 0.25) is 5.91 Å². The van der Waals surface area contributed by atoms with Crippen LogP contribution in [-0.4, -0.2) is 30.3 Å². The molecule has 1 aromatic carbocycles. The Morgan fingerprint density at radius 2 is 2.05 bits per heavy atom. The third-order valence-corrected chi connectivity index (χ3v) is 3.73. The topological polar surface area (TPSA) is 58.6 Å². The highest BCUT2D eigenvalue weighted by Crippen LogP contribution is 2.20. The van der Waals surface area contributed by atoms with Crippen LogP contribution in [0.5, 0.6) is 5.75 Å². The Labute approximate surface area is 127 Å². The zero-order chi connectivity index (χ0) is 15.8. The van der Waals surface area contributed by atoms with Crippen molar-refractivity contribution in [1.82, 2.24) is 5.32 Å². The molecule has 1 rings (SSSR count). The van der Waals surface area contributed by atoms with Gasteiger partial charge in [0.15, 0.2) is 0 Å². The van der Waals surface area contributed by atoms with E-state index in [1.165, 1.54) is 5.56 Å². The first kappa shape index (κ1) is 17.5. The Kier molecular flexibility index (Phi) is 7.23. The zero-order valence-corrected chi connectivity index (χ0v) is 13.5. The Morgan fingerprint density at radius 3 is 2.67 bits per heavy atom. The molecule has 0 aliphatic rings. The van der Waals surface area contributed by atoms with Crippen LogP contribution in [0.4, 0.5) is 0 Å². The summed E-state index contributed by atoms with van der Waals surface area (Å²) in [6.07, 6.45) is 0.906. The van der Waals surface area contributed by atoms with E-state index in [0.717, 1.165) is 11.3 Å². The van der Waals surface area contributed by atoms with Crippen molar-refractivity contribution in [2.24, 2.45) is 5.92 Å². The van der Waals surface area contributed by atoms with Gasteiger partial charge >= 0.3 is 0 Å². The summed E-state index contributed by atoms with van der Waals surface area (Å²) in [5.41, 5.74) is 2.29. The first-order chi connectivity index (χ1) is 9.95. The van der Waals surface area contributed by atoms with Crippen molar-refractivity contribution in [1.29, 1.82) is 0 Å². The number of ether oxygens (including phenoxy) is 1. The molecule has 0 aliphatic carbocycles. The van der Waals surface area contributed by atoms with Crippen molar-refractivity contribution in [3.63, 3.8) is 0 Å². The van der Waals surface area contributed by atoms with Crippen LogP contribution < -0.4 is 10.1 Å². The van der Waals surface area contributed by atoms with Crippen LogP contribution in [0.3, 0.4) is 0 Å². The van der Waals surface area contributed by atoms with Gasteiger partial charge in [-0.25, -0.2) is 0 Å². The molecule has 0 aromatic heterocycles. The molecule has 0 bridgehead atoms. The van der Waals surface area contributed by atoms with Crippen molar-refractivity contribution < 1.29 is 14.6 Å². The molecular formula is C17H27NO3. The summed E-state index contributed by atoms with van der Waals surface area (Å²) in [4.78, 5) is 11.9. The highest BCUT2D eigenvalue weighted by Gasteiger charge is 2.15. The van der Waals surface area contributed by atoms with E-state index in [1.54, 1.807) is 0 Å². The number of hydrogen-bond donors (Lipinski definition) is 2. The quantitative estimate of drug-likeness (QED) is 0.774. The lowest BCUT2D eigenvalue weighted by molar-refractivity contribution is -0.122. The lowest BCUT2D eigenvalue weighted by Gasteiger charge is -2.21. The molecule has 4 nitrogen and oxygen atoms in total. The number of carbonyl (C=O) groups excluding carboxylic acids is 1. The minimum Gasteiger partial charge on any atom is -0.493 e. The first-order valence-electron chi connectivity index (χ1n) is 7.55. The fraction of sp³-hybridized carbons (Fsp3) is 0.588. The number of amides is 1. The average Bonchev–Trinajstić information content (AvgIpc) is 2.43. The molecule has 0 fully saturated rings. The maximum Gasteiger partial charge on any atom is 0.223 e. The molecule has 1 amide bonds. The normalized spacial score (nSPS) is 12.3. The molecule has 0 spiro atoms. The van der Waals surface area contributed by atoms with E-state index in [1.807, 2.05) is 45.9 Å². The molecule has 118 valence electrons. The van der Waals surface area contributed by atoms with Crippen molar-refractivity contribution in [3.8, 4) is 5.75 Å². The summed E-state index contributed by atoms with van der Waals surface area (Å²) < 4.78 is 5.68. The first-order valence-corrected chi connectivity index (χ1v) is 7.55. The number of benzene rings is 1. The standard InChI is InChI=1S/C17H27NO3/c1-12(2)15(8-10-19)18-17(20)9-11-21-16-7-5-6-13(3)14(16)4/h5-7,12,15,19H,8-11H2,1-4H3,(H,18,20). The molecule has 4 heteroatoms. The van der Waals surface area contributed by atoms with E-state index >= 15 is 0 Å². The van der Waals surface area contributed by atoms with Gasteiger partial charge in [0.1, 0.15) is 5.75 Å². The summed E-state index contributed by atoms with van der Waals surface area (Å²) in [5.74, 6) is 1.10. The van der Waals surface area contributed by atoms with Crippen molar-refractivity contribution >= 4 is 5.91 Å². The van der Waals surface area contributed by atoms with E-state index < -0.39 is 0 Å². The van der Waals surface area contributed by atoms with E-state index in [9.17, 15) is 4.79 Å². The summed E-state index contributed by atoms with van der Waals surface area (Å²) in [6.45, 7) is 8.57. The summed E-state index contributed by atoms with van der Waals surface area (Å²) in [7, 11) is 0. The number of aliphatic hydroxyl groups is 1. The molecule has 0 saturated carbocycles. The highest BCUT2D eigenvalue weighted by atomic mass is 16.5. The second-order valence-electron chi connectivity index (χ2n) is 5.73. The summed E-state index contributed by atoms with van der Waals surface area (Å²) in [5, 5.41) is 12.0. The van der Waals surface area contributed by atoms with Gasteiger partial charge in [-0.3, -0.25) is 4.79 Å². The summed E-state index contributed by atoms with van der Waals surface area (Å²) in [6, 6.07) is 5.93. The number of aliphatic hydroxyl groups excluding tert-OH is 1.